The van der Waals surface area contributed by atoms with Gasteiger partial charge in [-0.2, -0.15) is 0 Å². The van der Waals surface area contributed by atoms with Crippen LogP contribution in [0.25, 0.3) is 22.6 Å². The number of nitrogens with two attached hydrogens (primary N) is 1. The quantitative estimate of drug-likeness (QED) is 0.511. The maximum absolute atomic E-state index is 14.7. The zero-order valence-corrected chi connectivity index (χ0v) is 17.0. The Labute approximate surface area is 170 Å². The first-order chi connectivity index (χ1) is 14.0. The van der Waals surface area contributed by atoms with E-state index in [1.807, 2.05) is 39.1 Å². The van der Waals surface area contributed by atoms with E-state index in [0.717, 1.165) is 29.9 Å². The van der Waals surface area contributed by atoms with E-state index in [1.165, 1.54) is 6.07 Å². The minimum absolute atomic E-state index is 0.335. The molecule has 0 atom stereocenters. The Morgan fingerprint density at radius 2 is 1.97 bits per heavy atom. The minimum atomic E-state index is -0.335. The molecular weight excluding hydrogens is 367 g/mol. The number of pyridine rings is 1. The summed E-state index contributed by atoms with van der Waals surface area (Å²) in [5, 5.41) is 6.42. The number of nitrogens with zero attached hydrogens (tertiary/aromatic N) is 3. The van der Waals surface area contributed by atoms with Gasteiger partial charge in [-0.05, 0) is 50.7 Å². The van der Waals surface area contributed by atoms with Crippen molar-refractivity contribution in [2.45, 2.75) is 13.8 Å². The van der Waals surface area contributed by atoms with Crippen LogP contribution in [0.5, 0.6) is 0 Å². The molecule has 0 amide bonds. The summed E-state index contributed by atoms with van der Waals surface area (Å²) in [6, 6.07) is 8.65. The van der Waals surface area contributed by atoms with Crippen LogP contribution in [0.3, 0.4) is 0 Å². The van der Waals surface area contributed by atoms with Gasteiger partial charge in [-0.15, -0.1) is 0 Å². The van der Waals surface area contributed by atoms with Gasteiger partial charge in [-0.3, -0.25) is 9.55 Å². The zero-order valence-electron chi connectivity index (χ0n) is 17.0. The number of likely N-dealkylation sites (N-methyl/N-ethyl adjacent to an activating group) is 1. The molecule has 0 aliphatic rings. The van der Waals surface area contributed by atoms with Crippen molar-refractivity contribution in [1.29, 1.82) is 0 Å². The number of nitrogens with one attached hydrogen (secondary N) is 2. The summed E-state index contributed by atoms with van der Waals surface area (Å²) >= 11 is 0. The molecule has 0 spiro atoms. The molecular formula is C22H27FN6. The number of anilines is 1. The molecule has 2 heterocycles. The van der Waals surface area contributed by atoms with Crippen molar-refractivity contribution in [2.24, 2.45) is 0 Å². The molecule has 0 aliphatic carbocycles. The third kappa shape index (κ3) is 4.70. The van der Waals surface area contributed by atoms with Crippen LogP contribution in [0.1, 0.15) is 18.2 Å². The van der Waals surface area contributed by atoms with Gasteiger partial charge in [0.1, 0.15) is 23.2 Å². The number of aryl methyl sites for hydroxylation is 1. The SMILES string of the molecule is CNCCNC/C=C(/C)c1nc(-c2cc(C)ccc2F)n(-c2ccncc2)c1N. The van der Waals surface area contributed by atoms with Gasteiger partial charge < -0.3 is 16.4 Å². The van der Waals surface area contributed by atoms with E-state index in [4.69, 9.17) is 10.7 Å². The second kappa shape index (κ2) is 9.45. The molecule has 0 bridgehead atoms. The number of imidazole rings is 1. The first kappa shape index (κ1) is 20.7. The lowest BCUT2D eigenvalue weighted by Gasteiger charge is -2.11. The van der Waals surface area contributed by atoms with Gasteiger partial charge in [0, 0.05) is 32.0 Å². The maximum atomic E-state index is 14.7. The van der Waals surface area contributed by atoms with Gasteiger partial charge in [-0.25, -0.2) is 9.37 Å². The number of halogens is 1. The maximum Gasteiger partial charge on any atom is 0.149 e. The standard InChI is InChI=1S/C22H27FN6/c1-15-4-5-19(23)18(14-15)22-28-20(16(2)6-9-27-13-12-25-3)21(24)29(22)17-7-10-26-11-8-17/h4-8,10-11,14,25,27H,9,12-13,24H2,1-3H3/b16-6-. The van der Waals surface area contributed by atoms with Crippen LogP contribution >= 0.6 is 0 Å². The molecule has 0 saturated carbocycles. The molecule has 3 aromatic rings. The molecule has 0 fully saturated rings. The zero-order chi connectivity index (χ0) is 20.8. The number of allylic oxidation sites excluding steroid dienone is 1. The van der Waals surface area contributed by atoms with E-state index in [2.05, 4.69) is 15.6 Å². The van der Waals surface area contributed by atoms with Crippen molar-refractivity contribution in [3.8, 4) is 17.1 Å². The Balaban J connectivity index is 2.07. The molecule has 2 aromatic heterocycles. The molecule has 0 unspecified atom stereocenters. The number of hydrogen-bond acceptors (Lipinski definition) is 5. The van der Waals surface area contributed by atoms with Crippen LogP contribution in [-0.4, -0.2) is 41.2 Å². The predicted molar refractivity (Wildman–Crippen MR) is 116 cm³/mol. The largest absolute Gasteiger partial charge is 0.383 e. The summed E-state index contributed by atoms with van der Waals surface area (Å²) in [5.74, 6) is 0.606. The van der Waals surface area contributed by atoms with Gasteiger partial charge in [0.25, 0.3) is 0 Å². The van der Waals surface area contributed by atoms with Crippen molar-refractivity contribution in [3.63, 3.8) is 0 Å². The molecule has 0 saturated heterocycles. The summed E-state index contributed by atoms with van der Waals surface area (Å²) in [7, 11) is 1.92. The summed E-state index contributed by atoms with van der Waals surface area (Å²) in [6.45, 7) is 6.34. The van der Waals surface area contributed by atoms with Crippen molar-refractivity contribution in [2.75, 3.05) is 32.4 Å². The van der Waals surface area contributed by atoms with Crippen molar-refractivity contribution >= 4 is 11.4 Å². The van der Waals surface area contributed by atoms with E-state index in [1.54, 1.807) is 29.1 Å². The number of benzene rings is 1. The lowest BCUT2D eigenvalue weighted by Crippen LogP contribution is -2.24. The summed E-state index contributed by atoms with van der Waals surface area (Å²) in [6.07, 6.45) is 5.40. The Kier molecular flexibility index (Phi) is 6.74. The molecule has 152 valence electrons. The molecule has 0 radical (unpaired) electrons. The average Bonchev–Trinajstić information content (AvgIpc) is 3.07. The van der Waals surface area contributed by atoms with Gasteiger partial charge in [0.15, 0.2) is 0 Å². The van der Waals surface area contributed by atoms with Crippen LogP contribution < -0.4 is 16.4 Å². The number of aromatic nitrogens is 3. The van der Waals surface area contributed by atoms with Crippen LogP contribution in [0.2, 0.25) is 0 Å². The second-order valence-electron chi connectivity index (χ2n) is 6.89. The van der Waals surface area contributed by atoms with E-state index in [-0.39, 0.29) is 5.82 Å². The van der Waals surface area contributed by atoms with Crippen LogP contribution in [0.4, 0.5) is 10.2 Å². The number of nitrogen functional groups attached to an aromatic ring is 1. The molecule has 29 heavy (non-hydrogen) atoms. The highest BCUT2D eigenvalue weighted by atomic mass is 19.1. The van der Waals surface area contributed by atoms with Crippen LogP contribution in [-0.2, 0) is 0 Å². The van der Waals surface area contributed by atoms with E-state index >= 15 is 0 Å². The van der Waals surface area contributed by atoms with Crippen molar-refractivity contribution in [3.05, 3.63) is 65.9 Å². The Hall–Kier alpha value is -3.03. The lowest BCUT2D eigenvalue weighted by molar-refractivity contribution is 0.629. The third-order valence-electron chi connectivity index (χ3n) is 4.67. The molecule has 4 N–H and O–H groups in total. The van der Waals surface area contributed by atoms with E-state index in [0.29, 0.717) is 29.4 Å². The molecule has 3 rings (SSSR count). The topological polar surface area (TPSA) is 80.8 Å². The molecule has 7 heteroatoms. The second-order valence-corrected chi connectivity index (χ2v) is 6.89. The number of hydrogen-bond donors (Lipinski definition) is 3. The van der Waals surface area contributed by atoms with Gasteiger partial charge in [-0.1, -0.05) is 17.7 Å². The normalized spacial score (nSPS) is 11.8. The third-order valence-corrected chi connectivity index (χ3v) is 4.67. The van der Waals surface area contributed by atoms with Crippen molar-refractivity contribution < 1.29 is 4.39 Å². The first-order valence-corrected chi connectivity index (χ1v) is 9.60. The van der Waals surface area contributed by atoms with E-state index < -0.39 is 0 Å². The van der Waals surface area contributed by atoms with Crippen LogP contribution in [0.15, 0.2) is 48.8 Å². The molecule has 1 aromatic carbocycles. The predicted octanol–water partition coefficient (Wildman–Crippen LogP) is 3.18. The fraction of sp³-hybridized carbons (Fsp3) is 0.273. The van der Waals surface area contributed by atoms with Gasteiger partial charge >= 0.3 is 0 Å². The average molecular weight is 394 g/mol. The highest BCUT2D eigenvalue weighted by Crippen LogP contribution is 2.33. The smallest absolute Gasteiger partial charge is 0.149 e. The lowest BCUT2D eigenvalue weighted by atomic mass is 10.1. The molecule has 6 nitrogen and oxygen atoms in total. The number of rotatable bonds is 8. The monoisotopic (exact) mass is 394 g/mol. The fourth-order valence-electron chi connectivity index (χ4n) is 3.11. The summed E-state index contributed by atoms with van der Waals surface area (Å²) < 4.78 is 16.5. The van der Waals surface area contributed by atoms with E-state index in [9.17, 15) is 4.39 Å². The Morgan fingerprint density at radius 3 is 2.69 bits per heavy atom. The summed E-state index contributed by atoms with van der Waals surface area (Å²) in [5.41, 5.74) is 10.2. The summed E-state index contributed by atoms with van der Waals surface area (Å²) in [4.78, 5) is 8.81. The Bertz CT molecular complexity index is 994. The highest BCUT2D eigenvalue weighted by Gasteiger charge is 2.21. The van der Waals surface area contributed by atoms with Crippen molar-refractivity contribution in [1.82, 2.24) is 25.2 Å². The van der Waals surface area contributed by atoms with Crippen LogP contribution in [0, 0.1) is 12.7 Å². The fourth-order valence-corrected chi connectivity index (χ4v) is 3.11. The Morgan fingerprint density at radius 1 is 1.21 bits per heavy atom. The highest BCUT2D eigenvalue weighted by molar-refractivity contribution is 5.76. The van der Waals surface area contributed by atoms with Gasteiger partial charge in [0.2, 0.25) is 0 Å². The van der Waals surface area contributed by atoms with Gasteiger partial charge in [0.05, 0.1) is 11.3 Å². The molecule has 0 aliphatic heterocycles. The first-order valence-electron chi connectivity index (χ1n) is 9.60. The minimum Gasteiger partial charge on any atom is -0.383 e.